The van der Waals surface area contributed by atoms with Crippen LogP contribution in [-0.4, -0.2) is 46.0 Å². The Morgan fingerprint density at radius 1 is 0.875 bits per heavy atom. The van der Waals surface area contributed by atoms with Gasteiger partial charge < -0.3 is 0 Å². The topological polar surface area (TPSA) is 3.24 Å². The van der Waals surface area contributed by atoms with Crippen molar-refractivity contribution in [2.45, 2.75) is 12.5 Å². The van der Waals surface area contributed by atoms with Crippen LogP contribution >= 0.6 is 0 Å². The Kier molecular flexibility index (Phi) is 1.55. The first-order valence-electron chi connectivity index (χ1n) is 3.67. The van der Waals surface area contributed by atoms with Crippen molar-refractivity contribution in [3.05, 3.63) is 0 Å². The predicted octanol–water partition coefficient (Wildman–Crippen LogP) is 0.810. The van der Waals surface area contributed by atoms with Gasteiger partial charge in [0.15, 0.2) is 0 Å². The summed E-state index contributed by atoms with van der Waals surface area (Å²) in [4.78, 5) is 2.64. The van der Waals surface area contributed by atoms with Crippen molar-refractivity contribution in [3.63, 3.8) is 0 Å². The number of hydrogen-bond donors (Lipinski definition) is 0. The van der Waals surface area contributed by atoms with E-state index in [1.165, 1.54) is 19.6 Å². The molecule has 8 heavy (non-hydrogen) atoms. The van der Waals surface area contributed by atoms with Gasteiger partial charge in [0.1, 0.15) is 0 Å². The molecule has 3 aliphatic rings. The van der Waals surface area contributed by atoms with E-state index < -0.39 is 21.4 Å². The van der Waals surface area contributed by atoms with Crippen molar-refractivity contribution in [2.75, 3.05) is 19.6 Å². The van der Waals surface area contributed by atoms with E-state index in [0.29, 0.717) is 0 Å². The Morgan fingerprint density at radius 2 is 1.38 bits per heavy atom. The van der Waals surface area contributed by atoms with Crippen LogP contribution in [0.4, 0.5) is 0 Å². The molecule has 2 bridgehead atoms. The van der Waals surface area contributed by atoms with E-state index in [4.69, 9.17) is 0 Å². The van der Waals surface area contributed by atoms with Gasteiger partial charge in [-0.3, -0.25) is 0 Å². The molecule has 0 spiro atoms. The summed E-state index contributed by atoms with van der Waals surface area (Å²) in [6.45, 7) is 4.46. The fourth-order valence-electron chi connectivity index (χ4n) is 1.86. The predicted molar refractivity (Wildman–Crippen MR) is 36.6 cm³/mol. The molecule has 0 unspecified atom stereocenters. The van der Waals surface area contributed by atoms with Crippen molar-refractivity contribution >= 4 is 21.4 Å². The van der Waals surface area contributed by atoms with Gasteiger partial charge in [0.25, 0.3) is 0 Å². The normalized spacial score (nSPS) is 29.2. The third-order valence-corrected chi connectivity index (χ3v) is 11.8. The van der Waals surface area contributed by atoms with E-state index in [1.807, 2.05) is 0 Å². The maximum absolute atomic E-state index is 2.64. The SMILES string of the molecule is C1[CH2][In]2[CH2]CN1C[CH2]2. The van der Waals surface area contributed by atoms with E-state index in [2.05, 4.69) is 4.90 Å². The van der Waals surface area contributed by atoms with Crippen molar-refractivity contribution < 1.29 is 0 Å². The first-order chi connectivity index (χ1) is 3.95. The number of hydrogen-bond acceptors (Lipinski definition) is 1. The van der Waals surface area contributed by atoms with Crippen LogP contribution in [0.25, 0.3) is 0 Å². The number of nitrogens with zero attached hydrogens (tertiary/aromatic N) is 1. The Hall–Kier alpha value is 0.830. The van der Waals surface area contributed by atoms with Gasteiger partial charge in [-0.25, -0.2) is 0 Å². The molecule has 0 radical (unpaired) electrons. The zero-order chi connectivity index (χ0) is 5.40. The maximum atomic E-state index is 2.64. The summed E-state index contributed by atoms with van der Waals surface area (Å²) in [6, 6.07) is 0. The van der Waals surface area contributed by atoms with Gasteiger partial charge in [-0.15, -0.1) is 0 Å². The molecule has 0 aromatic rings. The van der Waals surface area contributed by atoms with Crippen molar-refractivity contribution in [1.29, 1.82) is 0 Å². The Bertz CT molecular complexity index is 63.5. The monoisotopic (exact) mass is 213 g/mol. The second-order valence-corrected chi connectivity index (χ2v) is 13.0. The molecule has 3 saturated heterocycles. The molecule has 0 N–H and O–H groups in total. The van der Waals surface area contributed by atoms with Crippen LogP contribution in [-0.2, 0) is 0 Å². The molecule has 0 aromatic carbocycles. The molecule has 0 amide bonds. The third kappa shape index (κ3) is 0.926. The van der Waals surface area contributed by atoms with E-state index in [0.717, 1.165) is 0 Å². The second kappa shape index (κ2) is 2.22. The van der Waals surface area contributed by atoms with Crippen molar-refractivity contribution in [3.8, 4) is 0 Å². The molecule has 0 aliphatic carbocycles. The van der Waals surface area contributed by atoms with Gasteiger partial charge in [-0.2, -0.15) is 0 Å². The van der Waals surface area contributed by atoms with Crippen LogP contribution < -0.4 is 0 Å². The van der Waals surface area contributed by atoms with E-state index in [-0.39, 0.29) is 0 Å². The molecule has 0 atom stereocenters. The zero-order valence-electron chi connectivity index (χ0n) is 5.27. The Morgan fingerprint density at radius 3 is 1.50 bits per heavy atom. The first-order valence-corrected chi connectivity index (χ1v) is 10.7. The molecule has 2 heteroatoms. The van der Waals surface area contributed by atoms with Crippen LogP contribution in [0.3, 0.4) is 0 Å². The summed E-state index contributed by atoms with van der Waals surface area (Å²) in [5.74, 6) is 0. The average molecular weight is 213 g/mol. The van der Waals surface area contributed by atoms with Crippen LogP contribution in [0.2, 0.25) is 12.5 Å². The molecule has 0 aromatic heterocycles. The first kappa shape index (κ1) is 5.60. The molecule has 3 fully saturated rings. The van der Waals surface area contributed by atoms with Gasteiger partial charge in [-0.05, 0) is 0 Å². The summed E-state index contributed by atoms with van der Waals surface area (Å²) in [7, 11) is 0. The standard InChI is InChI=1S/C6H12N.In/c1-4-7(5-2)6-3;/h1-6H2;. The van der Waals surface area contributed by atoms with Gasteiger partial charge in [0, 0.05) is 0 Å². The summed E-state index contributed by atoms with van der Waals surface area (Å²) in [5, 5.41) is 0. The molecular formula is C6H12InN. The van der Waals surface area contributed by atoms with Crippen LogP contribution in [0.15, 0.2) is 0 Å². The Balaban J connectivity index is 2.03. The molecule has 3 aliphatic heterocycles. The Labute approximate surface area is 58.6 Å². The second-order valence-electron chi connectivity index (χ2n) is 3.07. The van der Waals surface area contributed by atoms with Crippen molar-refractivity contribution in [1.82, 2.24) is 4.90 Å². The van der Waals surface area contributed by atoms with E-state index in [9.17, 15) is 0 Å². The minimum absolute atomic E-state index is 0.691. The molecule has 44 valence electrons. The summed E-state index contributed by atoms with van der Waals surface area (Å²) >= 11 is -0.691. The van der Waals surface area contributed by atoms with E-state index in [1.54, 1.807) is 12.5 Å². The van der Waals surface area contributed by atoms with Gasteiger partial charge in [0.2, 0.25) is 0 Å². The quantitative estimate of drug-likeness (QED) is 0.575. The number of rotatable bonds is 0. The zero-order valence-corrected chi connectivity index (χ0v) is 8.56. The van der Waals surface area contributed by atoms with Crippen molar-refractivity contribution in [2.24, 2.45) is 0 Å². The molecule has 1 nitrogen and oxygen atoms in total. The molecular weight excluding hydrogens is 201 g/mol. The van der Waals surface area contributed by atoms with E-state index >= 15 is 0 Å². The fourth-order valence-corrected chi connectivity index (χ4v) is 10.6. The number of fused-ring (bicyclic) bond motifs is 3. The molecule has 3 rings (SSSR count). The van der Waals surface area contributed by atoms with Crippen LogP contribution in [0.5, 0.6) is 0 Å². The van der Waals surface area contributed by atoms with Gasteiger partial charge in [-0.1, -0.05) is 0 Å². The molecule has 3 heterocycles. The third-order valence-electron chi connectivity index (χ3n) is 2.56. The minimum atomic E-state index is -0.691. The van der Waals surface area contributed by atoms with Gasteiger partial charge in [0.05, 0.1) is 0 Å². The average Bonchev–Trinajstić information content (AvgIpc) is 1.92. The summed E-state index contributed by atoms with van der Waals surface area (Å²) < 4.78 is 5.09. The summed E-state index contributed by atoms with van der Waals surface area (Å²) in [6.07, 6.45) is 0. The summed E-state index contributed by atoms with van der Waals surface area (Å²) in [5.41, 5.74) is 0. The van der Waals surface area contributed by atoms with Gasteiger partial charge >= 0.3 is 58.5 Å². The fraction of sp³-hybridized carbons (Fsp3) is 1.00. The molecule has 0 saturated carbocycles. The van der Waals surface area contributed by atoms with Crippen LogP contribution in [0.1, 0.15) is 0 Å². The van der Waals surface area contributed by atoms with Crippen LogP contribution in [0, 0.1) is 0 Å².